The van der Waals surface area contributed by atoms with Crippen molar-refractivity contribution >= 4 is 11.8 Å². The summed E-state index contributed by atoms with van der Waals surface area (Å²) >= 11 is 2.07. The van der Waals surface area contributed by atoms with Gasteiger partial charge in [0.2, 0.25) is 0 Å². The Bertz CT molecular complexity index is 376. The molecule has 2 rings (SSSR count). The van der Waals surface area contributed by atoms with Crippen molar-refractivity contribution in [3.63, 3.8) is 0 Å². The predicted octanol–water partition coefficient (Wildman–Crippen LogP) is 7.00. The van der Waals surface area contributed by atoms with E-state index < -0.39 is 0 Å². The number of hydrogen-bond donors (Lipinski definition) is 1. The van der Waals surface area contributed by atoms with Crippen molar-refractivity contribution in [1.29, 1.82) is 0 Å². The van der Waals surface area contributed by atoms with Gasteiger partial charge in [0.05, 0.1) is 6.10 Å². The van der Waals surface area contributed by atoms with Crippen molar-refractivity contribution in [2.24, 2.45) is 0 Å². The van der Waals surface area contributed by atoms with E-state index in [-0.39, 0.29) is 0 Å². The molecule has 2 aliphatic heterocycles. The van der Waals surface area contributed by atoms with Crippen molar-refractivity contribution in [1.82, 2.24) is 10.2 Å². The van der Waals surface area contributed by atoms with Crippen LogP contribution in [0.1, 0.15) is 116 Å². The maximum absolute atomic E-state index is 6.29. The van der Waals surface area contributed by atoms with Crippen LogP contribution in [0, 0.1) is 0 Å². The van der Waals surface area contributed by atoms with Crippen molar-refractivity contribution in [2.45, 2.75) is 128 Å². The van der Waals surface area contributed by atoms with Gasteiger partial charge in [-0.25, -0.2) is 0 Å². The lowest BCUT2D eigenvalue weighted by molar-refractivity contribution is 0.0477. The zero-order valence-corrected chi connectivity index (χ0v) is 21.0. The van der Waals surface area contributed by atoms with Gasteiger partial charge in [0.1, 0.15) is 5.44 Å². The van der Waals surface area contributed by atoms with E-state index in [1.165, 1.54) is 135 Å². The Morgan fingerprint density at radius 1 is 0.733 bits per heavy atom. The van der Waals surface area contributed by atoms with Gasteiger partial charge in [0.25, 0.3) is 0 Å². The van der Waals surface area contributed by atoms with Crippen LogP contribution in [0.15, 0.2) is 0 Å². The standard InChI is InChI=1S/C26H52N2OS/c1-2-3-4-5-6-7-8-9-10-11-12-13-14-15-16-17-26-29-25(24-30-26)18-21-28-22-19-27-20-23-28/h25-27H,2-24H2,1H3. The van der Waals surface area contributed by atoms with Crippen LogP contribution >= 0.6 is 11.8 Å². The van der Waals surface area contributed by atoms with E-state index in [0.29, 0.717) is 11.5 Å². The highest BCUT2D eigenvalue weighted by Crippen LogP contribution is 2.30. The Morgan fingerprint density at radius 2 is 1.27 bits per heavy atom. The van der Waals surface area contributed by atoms with Crippen LogP contribution in [-0.4, -0.2) is 54.9 Å². The van der Waals surface area contributed by atoms with Gasteiger partial charge in [-0.3, -0.25) is 0 Å². The number of unbranched alkanes of at least 4 members (excludes halogenated alkanes) is 14. The number of nitrogens with one attached hydrogen (secondary N) is 1. The molecule has 0 aliphatic carbocycles. The molecule has 0 aromatic heterocycles. The fraction of sp³-hybridized carbons (Fsp3) is 1.00. The van der Waals surface area contributed by atoms with Crippen LogP contribution in [0.2, 0.25) is 0 Å². The summed E-state index contributed by atoms with van der Waals surface area (Å²) in [7, 11) is 0. The minimum atomic E-state index is 0.486. The van der Waals surface area contributed by atoms with E-state index in [2.05, 4.69) is 28.9 Å². The minimum absolute atomic E-state index is 0.486. The molecular formula is C26H52N2OS. The molecule has 178 valence electrons. The Kier molecular flexibility index (Phi) is 16.6. The number of rotatable bonds is 19. The minimum Gasteiger partial charge on any atom is -0.363 e. The lowest BCUT2D eigenvalue weighted by Crippen LogP contribution is -2.44. The first-order valence-corrected chi connectivity index (χ1v) is 14.6. The van der Waals surface area contributed by atoms with Gasteiger partial charge < -0.3 is 15.0 Å². The lowest BCUT2D eigenvalue weighted by atomic mass is 10.0. The first-order valence-electron chi connectivity index (χ1n) is 13.6. The first-order chi connectivity index (χ1) is 14.9. The number of hydrogen-bond acceptors (Lipinski definition) is 4. The van der Waals surface area contributed by atoms with Crippen LogP contribution in [0.4, 0.5) is 0 Å². The molecule has 0 spiro atoms. The maximum atomic E-state index is 6.29. The summed E-state index contributed by atoms with van der Waals surface area (Å²) in [5, 5.41) is 3.43. The third-order valence-electron chi connectivity index (χ3n) is 6.83. The quantitative estimate of drug-likeness (QED) is 0.218. The van der Waals surface area contributed by atoms with Crippen LogP contribution in [-0.2, 0) is 4.74 Å². The SMILES string of the molecule is CCCCCCCCCCCCCCCCCC1OC(CCN2CCNCC2)CS1. The molecule has 0 saturated carbocycles. The topological polar surface area (TPSA) is 24.5 Å². The normalized spacial score (nSPS) is 22.7. The van der Waals surface area contributed by atoms with E-state index in [4.69, 9.17) is 4.74 Å². The molecule has 2 unspecified atom stereocenters. The fourth-order valence-electron chi connectivity index (χ4n) is 4.75. The smallest absolute Gasteiger partial charge is 0.103 e. The highest BCUT2D eigenvalue weighted by molar-refractivity contribution is 8.00. The van der Waals surface area contributed by atoms with Gasteiger partial charge in [-0.05, 0) is 19.3 Å². The van der Waals surface area contributed by atoms with Crippen molar-refractivity contribution < 1.29 is 4.74 Å². The van der Waals surface area contributed by atoms with Gasteiger partial charge in [0.15, 0.2) is 0 Å². The molecule has 0 aromatic carbocycles. The molecule has 0 amide bonds. The number of ether oxygens (including phenoxy) is 1. The van der Waals surface area contributed by atoms with Crippen LogP contribution in [0.3, 0.4) is 0 Å². The summed E-state index contributed by atoms with van der Waals surface area (Å²) in [5.74, 6) is 1.22. The highest BCUT2D eigenvalue weighted by Gasteiger charge is 2.25. The molecular weight excluding hydrogens is 388 g/mol. The number of thioether (sulfide) groups is 1. The Balaban J connectivity index is 1.28. The second-order valence-electron chi connectivity index (χ2n) is 9.64. The Labute approximate surface area is 192 Å². The van der Waals surface area contributed by atoms with Crippen LogP contribution < -0.4 is 5.32 Å². The Hall–Kier alpha value is 0.230. The molecule has 0 bridgehead atoms. The average Bonchev–Trinajstić information content (AvgIpc) is 3.23. The Morgan fingerprint density at radius 3 is 1.83 bits per heavy atom. The third kappa shape index (κ3) is 13.6. The third-order valence-corrected chi connectivity index (χ3v) is 8.12. The summed E-state index contributed by atoms with van der Waals surface area (Å²) in [6, 6.07) is 0. The predicted molar refractivity (Wildman–Crippen MR) is 135 cm³/mol. The molecule has 2 heterocycles. The second kappa shape index (κ2) is 18.8. The molecule has 4 heteroatoms. The largest absolute Gasteiger partial charge is 0.363 e. The second-order valence-corrected chi connectivity index (χ2v) is 10.8. The van der Waals surface area contributed by atoms with Gasteiger partial charge in [-0.2, -0.15) is 0 Å². The maximum Gasteiger partial charge on any atom is 0.103 e. The summed E-state index contributed by atoms with van der Waals surface area (Å²) in [5.41, 5.74) is 0.486. The molecule has 2 aliphatic rings. The lowest BCUT2D eigenvalue weighted by Gasteiger charge is -2.27. The highest BCUT2D eigenvalue weighted by atomic mass is 32.2. The zero-order valence-electron chi connectivity index (χ0n) is 20.2. The van der Waals surface area contributed by atoms with Crippen molar-refractivity contribution in [3.8, 4) is 0 Å². The summed E-state index contributed by atoms with van der Waals surface area (Å²) in [4.78, 5) is 2.59. The van der Waals surface area contributed by atoms with E-state index in [9.17, 15) is 0 Å². The molecule has 0 radical (unpaired) electrons. The van der Waals surface area contributed by atoms with Gasteiger partial charge in [-0.1, -0.05) is 96.8 Å². The molecule has 3 nitrogen and oxygen atoms in total. The fourth-order valence-corrected chi connectivity index (χ4v) is 6.00. The number of nitrogens with zero attached hydrogens (tertiary/aromatic N) is 1. The van der Waals surface area contributed by atoms with Crippen molar-refractivity contribution in [3.05, 3.63) is 0 Å². The molecule has 2 saturated heterocycles. The summed E-state index contributed by atoms with van der Waals surface area (Å²) < 4.78 is 6.29. The monoisotopic (exact) mass is 440 g/mol. The first kappa shape index (κ1) is 26.5. The molecule has 1 N–H and O–H groups in total. The van der Waals surface area contributed by atoms with E-state index in [0.717, 1.165) is 13.1 Å². The molecule has 2 fully saturated rings. The van der Waals surface area contributed by atoms with Gasteiger partial charge in [-0.15, -0.1) is 11.8 Å². The van der Waals surface area contributed by atoms with E-state index >= 15 is 0 Å². The summed E-state index contributed by atoms with van der Waals surface area (Å²) in [6.07, 6.45) is 24.7. The van der Waals surface area contributed by atoms with Crippen LogP contribution in [0.5, 0.6) is 0 Å². The van der Waals surface area contributed by atoms with Gasteiger partial charge >= 0.3 is 0 Å². The molecule has 30 heavy (non-hydrogen) atoms. The van der Waals surface area contributed by atoms with E-state index in [1.807, 2.05) is 0 Å². The van der Waals surface area contributed by atoms with Gasteiger partial charge in [0, 0.05) is 38.5 Å². The van der Waals surface area contributed by atoms with Crippen molar-refractivity contribution in [2.75, 3.05) is 38.5 Å². The zero-order chi connectivity index (χ0) is 21.1. The molecule has 2 atom stereocenters. The van der Waals surface area contributed by atoms with E-state index in [1.54, 1.807) is 0 Å². The summed E-state index contributed by atoms with van der Waals surface area (Å²) in [6.45, 7) is 8.25. The average molecular weight is 441 g/mol. The number of piperazine rings is 1. The van der Waals surface area contributed by atoms with Crippen LogP contribution in [0.25, 0.3) is 0 Å². The molecule has 0 aromatic rings.